The molecule has 3 atom stereocenters. The number of allylic oxidation sites excluding steroid dienone is 9. The molecule has 0 fully saturated rings. The van der Waals surface area contributed by atoms with Crippen LogP contribution in [0.15, 0.2) is 60.8 Å². The van der Waals surface area contributed by atoms with Gasteiger partial charge in [0.05, 0.1) is 39.9 Å². The lowest BCUT2D eigenvalue weighted by molar-refractivity contribution is -0.870. The Morgan fingerprint density at radius 2 is 0.685 bits per heavy atom. The maximum Gasteiger partial charge on any atom is 0.268 e. The van der Waals surface area contributed by atoms with Gasteiger partial charge >= 0.3 is 0 Å². The molecule has 89 heavy (non-hydrogen) atoms. The Morgan fingerprint density at radius 1 is 0.404 bits per heavy atom. The number of hydrogen-bond donors (Lipinski definition) is 2. The zero-order chi connectivity index (χ0) is 64.8. The van der Waals surface area contributed by atoms with Crippen molar-refractivity contribution in [3.8, 4) is 0 Å². The van der Waals surface area contributed by atoms with Crippen LogP contribution in [-0.2, 0) is 18.4 Å². The lowest BCUT2D eigenvalue weighted by atomic mass is 10.0. The van der Waals surface area contributed by atoms with E-state index in [0.717, 1.165) is 64.2 Å². The number of hydrogen-bond acceptors (Lipinski definition) is 6. The normalized spacial score (nSPS) is 13.8. The summed E-state index contributed by atoms with van der Waals surface area (Å²) in [6, 6.07) is -0.887. The van der Waals surface area contributed by atoms with E-state index in [0.29, 0.717) is 17.4 Å². The molecule has 1 amide bonds. The van der Waals surface area contributed by atoms with E-state index in [2.05, 4.69) is 67.8 Å². The topological polar surface area (TPSA) is 108 Å². The highest BCUT2D eigenvalue weighted by Gasteiger charge is 2.23. The standard InChI is InChI=1S/C80H153N2O6P/c1-6-8-10-12-14-16-18-20-22-24-26-28-30-32-34-35-36-37-38-39-40-41-42-43-44-45-46-47-48-50-52-54-56-58-60-62-64-66-68-70-72-74-80(84)81-78(77-88-89(85,86)87-76-75-82(3,4)5)79(83)73-71-69-67-65-63-61-59-57-55-53-51-49-33-31-29-27-25-23-21-19-17-15-13-11-9-7-2/h8,10,14,16,20,22,26,28,71,73,78-79,83H,6-7,9,11-13,15,17-19,21,23-25,27,29-70,72,74-77H2,1-5H3,(H-,81,84,85,86)/b10-8-,16-14-,22-20-,28-26-,73-71+. The Kier molecular flexibility index (Phi) is 69.1. The van der Waals surface area contributed by atoms with Gasteiger partial charge in [-0.1, -0.05) is 389 Å². The van der Waals surface area contributed by atoms with Gasteiger partial charge in [-0.15, -0.1) is 0 Å². The Labute approximate surface area is 555 Å². The van der Waals surface area contributed by atoms with Crippen molar-refractivity contribution in [3.63, 3.8) is 0 Å². The molecule has 9 heteroatoms. The van der Waals surface area contributed by atoms with Gasteiger partial charge in [0.2, 0.25) is 5.91 Å². The highest BCUT2D eigenvalue weighted by molar-refractivity contribution is 7.45. The molecule has 2 N–H and O–H groups in total. The van der Waals surface area contributed by atoms with Gasteiger partial charge in [-0.25, -0.2) is 0 Å². The third kappa shape index (κ3) is 73.5. The van der Waals surface area contributed by atoms with Crippen LogP contribution in [0.2, 0.25) is 0 Å². The minimum absolute atomic E-state index is 0.00103. The fraction of sp³-hybridized carbons (Fsp3) is 0.863. The van der Waals surface area contributed by atoms with Crippen molar-refractivity contribution < 1.29 is 32.9 Å². The van der Waals surface area contributed by atoms with Crippen molar-refractivity contribution in [2.45, 2.75) is 405 Å². The maximum absolute atomic E-state index is 13.1. The fourth-order valence-corrected chi connectivity index (χ4v) is 12.7. The number of nitrogens with one attached hydrogen (secondary N) is 1. The first kappa shape index (κ1) is 87.2. The van der Waals surface area contributed by atoms with Gasteiger partial charge in [-0.05, 0) is 57.8 Å². The van der Waals surface area contributed by atoms with Crippen molar-refractivity contribution in [2.24, 2.45) is 0 Å². The molecule has 3 unspecified atom stereocenters. The monoisotopic (exact) mass is 1270 g/mol. The summed E-state index contributed by atoms with van der Waals surface area (Å²) in [7, 11) is 1.28. The van der Waals surface area contributed by atoms with E-state index < -0.39 is 20.0 Å². The number of carbonyl (C=O) groups is 1. The molecule has 0 aliphatic rings. The van der Waals surface area contributed by atoms with Crippen molar-refractivity contribution in [3.05, 3.63) is 60.8 Å². The van der Waals surface area contributed by atoms with Crippen LogP contribution in [0.4, 0.5) is 0 Å². The molecule has 0 heterocycles. The molecular formula is C80H153N2O6P. The molecule has 0 saturated heterocycles. The molecule has 8 nitrogen and oxygen atoms in total. The number of nitrogens with zero attached hydrogens (tertiary/aromatic N) is 1. The molecule has 0 aromatic rings. The zero-order valence-electron chi connectivity index (χ0n) is 60.2. The first-order valence-corrected chi connectivity index (χ1v) is 40.6. The Balaban J connectivity index is 3.91. The van der Waals surface area contributed by atoms with E-state index in [1.165, 1.54) is 308 Å². The molecule has 0 aromatic heterocycles. The molecular weight excluding hydrogens is 1120 g/mol. The number of rotatable bonds is 73. The number of aliphatic hydroxyl groups is 1. The number of carbonyl (C=O) groups excluding carboxylic acids is 1. The van der Waals surface area contributed by atoms with Gasteiger partial charge in [-0.3, -0.25) is 9.36 Å². The Bertz CT molecular complexity index is 1640. The van der Waals surface area contributed by atoms with Gasteiger partial charge in [0.25, 0.3) is 7.82 Å². The second kappa shape index (κ2) is 70.5. The molecule has 0 rings (SSSR count). The molecule has 0 radical (unpaired) electrons. The first-order valence-electron chi connectivity index (χ1n) is 39.2. The summed E-state index contributed by atoms with van der Waals surface area (Å²) in [5.74, 6) is -0.189. The van der Waals surface area contributed by atoms with Crippen molar-refractivity contribution in [1.82, 2.24) is 5.32 Å². The predicted octanol–water partition coefficient (Wildman–Crippen LogP) is 24.9. The molecule has 0 aliphatic heterocycles. The minimum atomic E-state index is -4.61. The van der Waals surface area contributed by atoms with E-state index in [-0.39, 0.29) is 19.1 Å². The highest BCUT2D eigenvalue weighted by Crippen LogP contribution is 2.38. The van der Waals surface area contributed by atoms with E-state index in [4.69, 9.17) is 9.05 Å². The van der Waals surface area contributed by atoms with Crippen LogP contribution in [0, 0.1) is 0 Å². The smallest absolute Gasteiger partial charge is 0.268 e. The molecule has 0 bridgehead atoms. The first-order chi connectivity index (χ1) is 43.5. The van der Waals surface area contributed by atoms with Crippen LogP contribution in [0.5, 0.6) is 0 Å². The second-order valence-corrected chi connectivity index (χ2v) is 29.5. The molecule has 524 valence electrons. The lowest BCUT2D eigenvalue weighted by Crippen LogP contribution is -2.45. The SMILES string of the molecule is CC/C=C\C/C=C\C/C=C\C/C=C\CCCCCCCCCCCCCCCCCCCCCCCCCCCCCCC(=O)NC(COP(=O)([O-])OCC[N+](C)(C)C)C(O)/C=C/CCCCCCCCCCCCCCCCCCCCCCCCCC. The summed E-state index contributed by atoms with van der Waals surface area (Å²) in [5, 5.41) is 14.0. The van der Waals surface area contributed by atoms with Gasteiger partial charge < -0.3 is 28.8 Å². The van der Waals surface area contributed by atoms with Crippen molar-refractivity contribution in [2.75, 3.05) is 40.9 Å². The van der Waals surface area contributed by atoms with Gasteiger partial charge in [0.1, 0.15) is 13.2 Å². The summed E-state index contributed by atoms with van der Waals surface area (Å²) < 4.78 is 23.5. The zero-order valence-corrected chi connectivity index (χ0v) is 61.0. The molecule has 0 saturated carbocycles. The van der Waals surface area contributed by atoms with Crippen LogP contribution < -0.4 is 10.2 Å². The molecule has 0 spiro atoms. The number of aliphatic hydroxyl groups excluding tert-OH is 1. The lowest BCUT2D eigenvalue weighted by Gasteiger charge is -2.29. The summed E-state index contributed by atoms with van der Waals surface area (Å²) in [6.45, 7) is 4.60. The van der Waals surface area contributed by atoms with Crippen LogP contribution >= 0.6 is 7.82 Å². The average molecular weight is 1270 g/mol. The van der Waals surface area contributed by atoms with Crippen LogP contribution in [0.1, 0.15) is 393 Å². The highest BCUT2D eigenvalue weighted by atomic mass is 31.2. The fourth-order valence-electron chi connectivity index (χ4n) is 12.0. The van der Waals surface area contributed by atoms with Gasteiger partial charge in [0.15, 0.2) is 0 Å². The Morgan fingerprint density at radius 3 is 1.00 bits per heavy atom. The molecule has 0 aliphatic carbocycles. The van der Waals surface area contributed by atoms with E-state index in [1.54, 1.807) is 6.08 Å². The third-order valence-electron chi connectivity index (χ3n) is 18.0. The maximum atomic E-state index is 13.1. The van der Waals surface area contributed by atoms with Crippen molar-refractivity contribution in [1.29, 1.82) is 0 Å². The Hall–Kier alpha value is -1.80. The summed E-state index contributed by atoms with van der Waals surface area (Å²) in [5.41, 5.74) is 0. The van der Waals surface area contributed by atoms with E-state index in [1.807, 2.05) is 27.2 Å². The number of unbranched alkanes of at least 4 members (excludes halogenated alkanes) is 52. The van der Waals surface area contributed by atoms with Gasteiger partial charge in [0, 0.05) is 6.42 Å². The van der Waals surface area contributed by atoms with Crippen LogP contribution in [0.25, 0.3) is 0 Å². The predicted molar refractivity (Wildman–Crippen MR) is 390 cm³/mol. The number of likely N-dealkylation sites (N-methyl/N-ethyl adjacent to an activating group) is 1. The van der Waals surface area contributed by atoms with E-state index in [9.17, 15) is 19.4 Å². The van der Waals surface area contributed by atoms with E-state index >= 15 is 0 Å². The number of phosphoric ester groups is 1. The third-order valence-corrected chi connectivity index (χ3v) is 18.9. The van der Waals surface area contributed by atoms with Crippen LogP contribution in [0.3, 0.4) is 0 Å². The summed E-state index contributed by atoms with van der Waals surface area (Å²) in [6.07, 6.45) is 98.1. The van der Waals surface area contributed by atoms with Gasteiger partial charge in [-0.2, -0.15) is 0 Å². The second-order valence-electron chi connectivity index (χ2n) is 28.0. The molecule has 0 aromatic carbocycles. The number of phosphoric acid groups is 1. The largest absolute Gasteiger partial charge is 0.756 e. The van der Waals surface area contributed by atoms with Crippen LogP contribution in [-0.4, -0.2) is 68.5 Å². The average Bonchev–Trinajstić information content (AvgIpc) is 3.61. The summed E-state index contributed by atoms with van der Waals surface area (Å²) >= 11 is 0. The minimum Gasteiger partial charge on any atom is -0.756 e. The number of quaternary nitrogens is 1. The quantitative estimate of drug-likeness (QED) is 0.0272. The number of amides is 1. The van der Waals surface area contributed by atoms with Crippen molar-refractivity contribution >= 4 is 13.7 Å². The summed E-state index contributed by atoms with van der Waals surface area (Å²) in [4.78, 5) is 25.7.